The molecule has 2 aliphatic heterocycles. The molecule has 3 fully saturated rings. The normalized spacial score (nSPS) is 23.9. The number of nitrogens with zero attached hydrogens (tertiary/aromatic N) is 5. The smallest absolute Gasteiger partial charge is 0.272 e. The van der Waals surface area contributed by atoms with E-state index in [-0.39, 0.29) is 14.7 Å². The monoisotopic (exact) mass is 516 g/mol. The molecule has 1 N–H and O–H groups in total. The summed E-state index contributed by atoms with van der Waals surface area (Å²) in [6, 6.07) is 14.9. The van der Waals surface area contributed by atoms with Crippen molar-refractivity contribution in [3.05, 3.63) is 59.8 Å². The first kappa shape index (κ1) is 23.1. The molecular formula is C28H32N6O4. The van der Waals surface area contributed by atoms with Gasteiger partial charge < -0.3 is 19.3 Å². The largest absolute Gasteiger partial charge is 0.490 e. The number of likely N-dealkylation sites (tertiary alicyclic amines) is 2. The molecule has 2 aromatic heterocycles. The van der Waals surface area contributed by atoms with Crippen molar-refractivity contribution in [3.63, 3.8) is 0 Å². The van der Waals surface area contributed by atoms with Crippen LogP contribution in [0.25, 0.3) is 21.9 Å². The Kier molecular flexibility index (Phi) is 5.50. The Morgan fingerprint density at radius 3 is 2.29 bits per heavy atom. The molecule has 0 radical (unpaired) electrons. The molecule has 4 atom stereocenters. The van der Waals surface area contributed by atoms with Gasteiger partial charge in [0.25, 0.3) is 11.8 Å². The molecule has 2 saturated heterocycles. The molecule has 2 aromatic carbocycles. The molecule has 2 unspecified atom stereocenters. The number of nitrogens with one attached hydrogen (secondary N) is 1. The summed E-state index contributed by atoms with van der Waals surface area (Å²) in [6.07, 6.45) is 0. The van der Waals surface area contributed by atoms with Gasteiger partial charge in [-0.25, -0.2) is 4.98 Å². The predicted octanol–water partition coefficient (Wildman–Crippen LogP) is 3.11. The third-order valence-corrected chi connectivity index (χ3v) is 8.50. The average molecular weight is 517 g/mol. The lowest BCUT2D eigenvalue weighted by atomic mass is 9.60. The summed E-state index contributed by atoms with van der Waals surface area (Å²) in [4.78, 5) is 35.4. The first-order valence-electron chi connectivity index (χ1n) is 13.0. The number of H-pyrrole nitrogens is 1. The van der Waals surface area contributed by atoms with Crippen LogP contribution in [0.3, 0.4) is 0 Å². The molecule has 198 valence electrons. The summed E-state index contributed by atoms with van der Waals surface area (Å²) < 4.78 is 11.1. The number of amides is 2. The SMILES string of the molecule is COCCOc1cc(C(=O)N2CC3C(C2)[C@@H]2CN(C(=O)c4ccc5n[nH]nc5c4)C[C@H]32)nc2ccccc12.[HH].[HH]. The molecule has 1 saturated carbocycles. The van der Waals surface area contributed by atoms with Gasteiger partial charge >= 0.3 is 0 Å². The fourth-order valence-corrected chi connectivity index (χ4v) is 6.63. The van der Waals surface area contributed by atoms with E-state index in [4.69, 9.17) is 9.47 Å². The molecule has 0 spiro atoms. The molecule has 3 aliphatic rings. The van der Waals surface area contributed by atoms with E-state index in [1.807, 2.05) is 46.2 Å². The van der Waals surface area contributed by atoms with Gasteiger partial charge in [0, 0.05) is 53.2 Å². The van der Waals surface area contributed by atoms with Crippen LogP contribution in [0, 0.1) is 23.7 Å². The Labute approximate surface area is 221 Å². The number of aromatic nitrogens is 4. The van der Waals surface area contributed by atoms with E-state index >= 15 is 0 Å². The van der Waals surface area contributed by atoms with Crippen molar-refractivity contribution in [2.24, 2.45) is 23.7 Å². The number of pyridine rings is 1. The van der Waals surface area contributed by atoms with Gasteiger partial charge in [0.05, 0.1) is 12.1 Å². The van der Waals surface area contributed by atoms with E-state index in [1.165, 1.54) is 0 Å². The van der Waals surface area contributed by atoms with E-state index in [0.717, 1.165) is 29.5 Å². The molecule has 4 heterocycles. The maximum atomic E-state index is 13.6. The van der Waals surface area contributed by atoms with E-state index in [0.29, 0.717) is 72.5 Å². The lowest BCUT2D eigenvalue weighted by molar-refractivity contribution is 0.0629. The van der Waals surface area contributed by atoms with Gasteiger partial charge in [-0.05, 0) is 54.0 Å². The highest BCUT2D eigenvalue weighted by Gasteiger charge is 2.59. The zero-order chi connectivity index (χ0) is 25.8. The lowest BCUT2D eigenvalue weighted by Gasteiger charge is -2.42. The fourth-order valence-electron chi connectivity index (χ4n) is 6.63. The van der Waals surface area contributed by atoms with Crippen molar-refractivity contribution >= 4 is 33.8 Å². The summed E-state index contributed by atoms with van der Waals surface area (Å²) >= 11 is 0. The van der Waals surface area contributed by atoms with Crippen LogP contribution in [0.15, 0.2) is 48.5 Å². The summed E-state index contributed by atoms with van der Waals surface area (Å²) in [7, 11) is 1.63. The van der Waals surface area contributed by atoms with Gasteiger partial charge in [0.15, 0.2) is 0 Å². The molecule has 38 heavy (non-hydrogen) atoms. The van der Waals surface area contributed by atoms with Crippen LogP contribution in [0.5, 0.6) is 5.75 Å². The van der Waals surface area contributed by atoms with Gasteiger partial charge in [0.2, 0.25) is 0 Å². The van der Waals surface area contributed by atoms with Crippen molar-refractivity contribution < 1.29 is 21.9 Å². The van der Waals surface area contributed by atoms with Crippen LogP contribution < -0.4 is 4.74 Å². The van der Waals surface area contributed by atoms with E-state index in [9.17, 15) is 9.59 Å². The standard InChI is InChI=1S/C28H28N6O4.2H2/c1-37-8-9-38-26-11-25(29-22-5-3-2-4-17(22)26)28(36)34-14-20-18-12-33(13-19(18)21(20)15-34)27(35)16-6-7-23-24(10-16)31-32-30-23;;/h2-7,10-11,18-21H,8-9,12-15H2,1H3,(H,30,31,32);2*1H/t18-,19+,20?,21?;;. The molecule has 2 amide bonds. The van der Waals surface area contributed by atoms with Crippen molar-refractivity contribution in [2.75, 3.05) is 46.5 Å². The van der Waals surface area contributed by atoms with Gasteiger partial charge in [-0.15, -0.1) is 0 Å². The quantitative estimate of drug-likeness (QED) is 0.392. The number of ether oxygens (including phenoxy) is 2. The summed E-state index contributed by atoms with van der Waals surface area (Å²) in [5.41, 5.74) is 3.22. The number of carbonyl (C=O) groups excluding carboxylic acids is 2. The minimum absolute atomic E-state index is 0. The van der Waals surface area contributed by atoms with Crippen LogP contribution in [0.4, 0.5) is 0 Å². The van der Waals surface area contributed by atoms with Crippen LogP contribution in [0.1, 0.15) is 23.7 Å². The van der Waals surface area contributed by atoms with Gasteiger partial charge in [0.1, 0.15) is 29.1 Å². The van der Waals surface area contributed by atoms with Gasteiger partial charge in [-0.3, -0.25) is 9.59 Å². The Bertz CT molecular complexity index is 1540. The number of benzene rings is 2. The number of aromatic amines is 1. The second kappa shape index (κ2) is 9.05. The maximum Gasteiger partial charge on any atom is 0.272 e. The van der Waals surface area contributed by atoms with Crippen molar-refractivity contribution in [1.82, 2.24) is 30.2 Å². The van der Waals surface area contributed by atoms with E-state index in [1.54, 1.807) is 19.2 Å². The van der Waals surface area contributed by atoms with Gasteiger partial charge in [-0.1, -0.05) is 12.1 Å². The number of hydrogen-bond donors (Lipinski definition) is 1. The highest BCUT2D eigenvalue weighted by atomic mass is 16.5. The number of hydrogen-bond acceptors (Lipinski definition) is 7. The number of methoxy groups -OCH3 is 1. The van der Waals surface area contributed by atoms with E-state index in [2.05, 4.69) is 20.4 Å². The lowest BCUT2D eigenvalue weighted by Crippen LogP contribution is -2.44. The Balaban J connectivity index is 0.00000161. The van der Waals surface area contributed by atoms with E-state index < -0.39 is 0 Å². The second-order valence-electron chi connectivity index (χ2n) is 10.5. The van der Waals surface area contributed by atoms with Crippen LogP contribution >= 0.6 is 0 Å². The number of para-hydroxylation sites is 1. The Morgan fingerprint density at radius 2 is 1.55 bits per heavy atom. The zero-order valence-corrected chi connectivity index (χ0v) is 21.0. The van der Waals surface area contributed by atoms with Crippen molar-refractivity contribution in [3.8, 4) is 5.75 Å². The molecule has 4 aromatic rings. The first-order valence-corrected chi connectivity index (χ1v) is 13.0. The molecular weight excluding hydrogens is 484 g/mol. The Morgan fingerprint density at radius 1 is 0.868 bits per heavy atom. The fraction of sp³-hybridized carbons (Fsp3) is 0.393. The summed E-state index contributed by atoms with van der Waals surface area (Å²) in [5.74, 6) is 2.30. The second-order valence-corrected chi connectivity index (χ2v) is 10.5. The predicted molar refractivity (Wildman–Crippen MR) is 143 cm³/mol. The van der Waals surface area contributed by atoms with Crippen LogP contribution in [0.2, 0.25) is 0 Å². The number of fused-ring (bicyclic) bond motifs is 6. The summed E-state index contributed by atoms with van der Waals surface area (Å²) in [5, 5.41) is 11.6. The molecule has 1 aliphatic carbocycles. The molecule has 10 nitrogen and oxygen atoms in total. The average Bonchev–Trinajstić information content (AvgIpc) is 3.66. The molecule has 0 bridgehead atoms. The zero-order valence-electron chi connectivity index (χ0n) is 21.0. The molecule has 10 heteroatoms. The van der Waals surface area contributed by atoms with Crippen LogP contribution in [-0.2, 0) is 4.74 Å². The topological polar surface area (TPSA) is 114 Å². The highest BCUT2D eigenvalue weighted by molar-refractivity contribution is 5.98. The third kappa shape index (κ3) is 3.70. The minimum Gasteiger partial charge on any atom is -0.490 e. The van der Waals surface area contributed by atoms with Crippen LogP contribution in [-0.4, -0.2) is 88.5 Å². The van der Waals surface area contributed by atoms with Crippen molar-refractivity contribution in [2.45, 2.75) is 0 Å². The third-order valence-electron chi connectivity index (χ3n) is 8.50. The number of carbonyl (C=O) groups is 2. The van der Waals surface area contributed by atoms with Crippen molar-refractivity contribution in [1.29, 1.82) is 0 Å². The summed E-state index contributed by atoms with van der Waals surface area (Å²) in [6.45, 7) is 3.73. The first-order chi connectivity index (χ1) is 18.6. The number of rotatable bonds is 6. The highest BCUT2D eigenvalue weighted by Crippen LogP contribution is 2.54. The van der Waals surface area contributed by atoms with Gasteiger partial charge in [-0.2, -0.15) is 15.4 Å². The molecule has 7 rings (SSSR count). The maximum absolute atomic E-state index is 13.6. The minimum atomic E-state index is -0.0614. The Hall–Kier alpha value is -4.05.